The lowest BCUT2D eigenvalue weighted by Crippen LogP contribution is -2.38. The Hall–Kier alpha value is -1.82. The lowest BCUT2D eigenvalue weighted by molar-refractivity contribution is 0.0258. The smallest absolute Gasteiger partial charge is 0.410 e. The monoisotopic (exact) mass is 326 g/mol. The van der Waals surface area contributed by atoms with E-state index in [-0.39, 0.29) is 11.8 Å². The van der Waals surface area contributed by atoms with E-state index in [4.69, 9.17) is 4.74 Å². The highest BCUT2D eigenvalue weighted by atomic mass is 19.1. The number of aromatic hydroxyl groups is 1. The summed E-state index contributed by atoms with van der Waals surface area (Å²) in [4.78, 5) is 13.6. The van der Waals surface area contributed by atoms with Crippen molar-refractivity contribution in [2.24, 2.45) is 0 Å². The van der Waals surface area contributed by atoms with Gasteiger partial charge in [0.25, 0.3) is 0 Å². The zero-order valence-electron chi connectivity index (χ0n) is 14.4. The van der Waals surface area contributed by atoms with E-state index in [1.807, 2.05) is 27.7 Å². The van der Waals surface area contributed by atoms with Crippen LogP contribution in [-0.4, -0.2) is 41.3 Å². The normalized spacial score (nSPS) is 11.3. The standard InChI is InChI=1S/C17H27FN2O3/c1-5-20(16(22)23-17(2,3)4)11-7-10-19-12-13-8-6-9-14(18)15(13)21/h6,8-9,19,21H,5,7,10-12H2,1-4H3. The number of carbonyl (C=O) groups excluding carboxylic acids is 1. The number of phenols is 1. The molecule has 6 heteroatoms. The molecule has 130 valence electrons. The van der Waals surface area contributed by atoms with E-state index in [0.29, 0.717) is 31.7 Å². The molecular formula is C17H27FN2O3. The fraction of sp³-hybridized carbons (Fsp3) is 0.588. The van der Waals surface area contributed by atoms with Crippen LogP contribution >= 0.6 is 0 Å². The first kappa shape index (κ1) is 19.2. The van der Waals surface area contributed by atoms with Crippen molar-refractivity contribution in [3.05, 3.63) is 29.6 Å². The van der Waals surface area contributed by atoms with Crippen LogP contribution in [0.4, 0.5) is 9.18 Å². The summed E-state index contributed by atoms with van der Waals surface area (Å²) in [7, 11) is 0. The number of hydrogen-bond acceptors (Lipinski definition) is 4. The van der Waals surface area contributed by atoms with Gasteiger partial charge in [-0.05, 0) is 46.7 Å². The Morgan fingerprint density at radius 2 is 2.09 bits per heavy atom. The van der Waals surface area contributed by atoms with Crippen LogP contribution in [0.25, 0.3) is 0 Å². The summed E-state index contributed by atoms with van der Waals surface area (Å²) in [6.45, 7) is 9.61. The Morgan fingerprint density at radius 3 is 2.70 bits per heavy atom. The summed E-state index contributed by atoms with van der Waals surface area (Å²) in [5, 5.41) is 12.7. The summed E-state index contributed by atoms with van der Waals surface area (Å²) in [5.41, 5.74) is 0.0157. The van der Waals surface area contributed by atoms with E-state index < -0.39 is 11.4 Å². The van der Waals surface area contributed by atoms with Crippen LogP contribution in [-0.2, 0) is 11.3 Å². The van der Waals surface area contributed by atoms with E-state index in [0.717, 1.165) is 6.42 Å². The Labute approximate surface area is 137 Å². The van der Waals surface area contributed by atoms with Crippen LogP contribution in [0.3, 0.4) is 0 Å². The molecule has 0 unspecified atom stereocenters. The minimum atomic E-state index is -0.619. The number of nitrogens with one attached hydrogen (secondary N) is 1. The maximum absolute atomic E-state index is 13.2. The predicted octanol–water partition coefficient (Wildman–Crippen LogP) is 3.27. The first-order valence-electron chi connectivity index (χ1n) is 7.89. The van der Waals surface area contributed by atoms with Crippen molar-refractivity contribution in [3.63, 3.8) is 0 Å². The Morgan fingerprint density at radius 1 is 1.39 bits per heavy atom. The highest BCUT2D eigenvalue weighted by molar-refractivity contribution is 5.68. The van der Waals surface area contributed by atoms with E-state index in [2.05, 4.69) is 5.32 Å². The van der Waals surface area contributed by atoms with Gasteiger partial charge in [-0.25, -0.2) is 9.18 Å². The summed E-state index contributed by atoms with van der Waals surface area (Å²) < 4.78 is 18.5. The van der Waals surface area contributed by atoms with Gasteiger partial charge in [0.15, 0.2) is 11.6 Å². The highest BCUT2D eigenvalue weighted by Gasteiger charge is 2.20. The molecule has 1 amide bonds. The van der Waals surface area contributed by atoms with Gasteiger partial charge in [-0.2, -0.15) is 0 Å². The average Bonchev–Trinajstić information content (AvgIpc) is 2.45. The molecular weight excluding hydrogens is 299 g/mol. The second-order valence-corrected chi connectivity index (χ2v) is 6.34. The number of nitrogens with zero attached hydrogens (tertiary/aromatic N) is 1. The number of rotatable bonds is 7. The van der Waals surface area contributed by atoms with Gasteiger partial charge in [-0.1, -0.05) is 12.1 Å². The molecule has 0 radical (unpaired) electrons. The molecule has 0 saturated carbocycles. The van der Waals surface area contributed by atoms with E-state index in [9.17, 15) is 14.3 Å². The fourth-order valence-corrected chi connectivity index (χ4v) is 2.03. The van der Waals surface area contributed by atoms with E-state index in [1.54, 1.807) is 17.0 Å². The highest BCUT2D eigenvalue weighted by Crippen LogP contribution is 2.20. The lowest BCUT2D eigenvalue weighted by Gasteiger charge is -2.26. The van der Waals surface area contributed by atoms with E-state index in [1.165, 1.54) is 6.07 Å². The van der Waals surface area contributed by atoms with Gasteiger partial charge in [-0.3, -0.25) is 0 Å². The summed E-state index contributed by atoms with van der Waals surface area (Å²) in [6, 6.07) is 4.45. The second kappa shape index (κ2) is 8.72. The fourth-order valence-electron chi connectivity index (χ4n) is 2.03. The van der Waals surface area contributed by atoms with Crippen molar-refractivity contribution < 1.29 is 19.0 Å². The third-order valence-electron chi connectivity index (χ3n) is 3.20. The molecule has 0 heterocycles. The van der Waals surface area contributed by atoms with Crippen LogP contribution in [0, 0.1) is 5.82 Å². The Kier molecular flexibility index (Phi) is 7.29. The van der Waals surface area contributed by atoms with Crippen molar-refractivity contribution >= 4 is 6.09 Å². The molecule has 0 aliphatic carbocycles. The molecule has 0 aromatic heterocycles. The second-order valence-electron chi connectivity index (χ2n) is 6.34. The molecule has 0 spiro atoms. The number of phenolic OH excluding ortho intramolecular Hbond substituents is 1. The molecule has 0 fully saturated rings. The topological polar surface area (TPSA) is 61.8 Å². The van der Waals surface area contributed by atoms with Crippen LogP contribution in [0.5, 0.6) is 5.75 Å². The number of ether oxygens (including phenoxy) is 1. The zero-order valence-corrected chi connectivity index (χ0v) is 14.4. The van der Waals surface area contributed by atoms with Gasteiger partial charge in [0.1, 0.15) is 5.60 Å². The number of amides is 1. The Bertz CT molecular complexity index is 515. The first-order chi connectivity index (χ1) is 10.7. The van der Waals surface area contributed by atoms with Gasteiger partial charge >= 0.3 is 6.09 Å². The largest absolute Gasteiger partial charge is 0.505 e. The van der Waals surface area contributed by atoms with Gasteiger partial charge in [0.05, 0.1) is 0 Å². The molecule has 5 nitrogen and oxygen atoms in total. The number of benzene rings is 1. The van der Waals surface area contributed by atoms with Crippen LogP contribution in [0.15, 0.2) is 18.2 Å². The lowest BCUT2D eigenvalue weighted by atomic mass is 10.2. The zero-order chi connectivity index (χ0) is 17.5. The van der Waals surface area contributed by atoms with Crippen molar-refractivity contribution in [3.8, 4) is 5.75 Å². The number of hydrogen-bond donors (Lipinski definition) is 2. The molecule has 0 atom stereocenters. The number of para-hydroxylation sites is 1. The van der Waals surface area contributed by atoms with Crippen LogP contribution in [0.1, 0.15) is 39.7 Å². The van der Waals surface area contributed by atoms with Crippen molar-refractivity contribution in [1.82, 2.24) is 10.2 Å². The molecule has 0 aliphatic heterocycles. The summed E-state index contributed by atoms with van der Waals surface area (Å²) >= 11 is 0. The minimum Gasteiger partial charge on any atom is -0.505 e. The third-order valence-corrected chi connectivity index (χ3v) is 3.20. The first-order valence-corrected chi connectivity index (χ1v) is 7.89. The number of carbonyl (C=O) groups is 1. The SMILES string of the molecule is CCN(CCCNCc1cccc(F)c1O)C(=O)OC(C)(C)C. The third kappa shape index (κ3) is 6.86. The molecule has 1 aromatic carbocycles. The maximum atomic E-state index is 13.2. The van der Waals surface area contributed by atoms with Gasteiger partial charge in [0, 0.05) is 25.2 Å². The van der Waals surface area contributed by atoms with Crippen molar-refractivity contribution in [2.45, 2.75) is 46.3 Å². The Balaban J connectivity index is 2.32. The van der Waals surface area contributed by atoms with Crippen LogP contribution < -0.4 is 5.32 Å². The summed E-state index contributed by atoms with van der Waals surface area (Å²) in [5.74, 6) is -0.935. The molecule has 23 heavy (non-hydrogen) atoms. The van der Waals surface area contributed by atoms with Crippen molar-refractivity contribution in [1.29, 1.82) is 0 Å². The average molecular weight is 326 g/mol. The number of halogens is 1. The molecule has 1 rings (SSSR count). The molecule has 0 bridgehead atoms. The van der Waals surface area contributed by atoms with E-state index >= 15 is 0 Å². The maximum Gasteiger partial charge on any atom is 0.410 e. The van der Waals surface area contributed by atoms with Crippen LogP contribution in [0.2, 0.25) is 0 Å². The van der Waals surface area contributed by atoms with Crippen molar-refractivity contribution in [2.75, 3.05) is 19.6 Å². The van der Waals surface area contributed by atoms with Gasteiger partial charge in [0.2, 0.25) is 0 Å². The molecule has 2 N–H and O–H groups in total. The molecule has 1 aromatic rings. The summed E-state index contributed by atoms with van der Waals surface area (Å²) in [6.07, 6.45) is 0.422. The quantitative estimate of drug-likeness (QED) is 0.755. The molecule has 0 aliphatic rings. The van der Waals surface area contributed by atoms with Gasteiger partial charge in [-0.15, -0.1) is 0 Å². The van der Waals surface area contributed by atoms with Gasteiger partial charge < -0.3 is 20.1 Å². The minimum absolute atomic E-state index is 0.316. The predicted molar refractivity (Wildman–Crippen MR) is 87.9 cm³/mol. The molecule has 0 saturated heterocycles.